The second-order valence-corrected chi connectivity index (χ2v) is 8.89. The Morgan fingerprint density at radius 3 is 2.46 bits per heavy atom. The summed E-state index contributed by atoms with van der Waals surface area (Å²) in [6.45, 7) is 2.81. The maximum atomic E-state index is 13.2. The number of piperidine rings is 1. The van der Waals surface area contributed by atoms with Gasteiger partial charge in [-0.25, -0.2) is 0 Å². The molecule has 0 spiro atoms. The van der Waals surface area contributed by atoms with E-state index < -0.39 is 18.1 Å². The van der Waals surface area contributed by atoms with Gasteiger partial charge < -0.3 is 21.5 Å². The number of likely N-dealkylation sites (tertiary alicyclic amines) is 1. The molecule has 0 saturated carbocycles. The smallest absolute Gasteiger partial charge is 0.304 e. The van der Waals surface area contributed by atoms with Gasteiger partial charge in [0.25, 0.3) is 0 Å². The minimum absolute atomic E-state index is 0.0217. The van der Waals surface area contributed by atoms with E-state index in [1.807, 2.05) is 35.2 Å². The number of amides is 2. The third kappa shape index (κ3) is 7.38. The summed E-state index contributed by atoms with van der Waals surface area (Å²) in [5.41, 5.74) is 8.07. The molecule has 35 heavy (non-hydrogen) atoms. The summed E-state index contributed by atoms with van der Waals surface area (Å²) in [7, 11) is 0. The number of carboxylic acid groups (broad SMARTS) is 1. The topological polar surface area (TPSA) is 149 Å². The number of benzene rings is 2. The Labute approximate surface area is 205 Å². The van der Waals surface area contributed by atoms with E-state index in [-0.39, 0.29) is 43.1 Å². The summed E-state index contributed by atoms with van der Waals surface area (Å²) < 4.78 is 0. The Hall–Kier alpha value is -3.72. The van der Waals surface area contributed by atoms with Crippen LogP contribution < -0.4 is 16.4 Å². The van der Waals surface area contributed by atoms with E-state index in [4.69, 9.17) is 16.2 Å². The molecule has 0 aliphatic carbocycles. The van der Waals surface area contributed by atoms with Crippen LogP contribution in [0.3, 0.4) is 0 Å². The van der Waals surface area contributed by atoms with Crippen molar-refractivity contribution in [1.29, 1.82) is 5.41 Å². The summed E-state index contributed by atoms with van der Waals surface area (Å²) in [5.74, 6) is -1.33. The third-order valence-corrected chi connectivity index (χ3v) is 6.38. The fraction of sp³-hybridized carbons (Fsp3) is 0.385. The van der Waals surface area contributed by atoms with Crippen molar-refractivity contribution in [2.45, 2.75) is 50.7 Å². The molecule has 2 aromatic rings. The summed E-state index contributed by atoms with van der Waals surface area (Å²) in [4.78, 5) is 38.9. The van der Waals surface area contributed by atoms with E-state index in [2.05, 4.69) is 10.6 Å². The minimum atomic E-state index is -0.904. The highest BCUT2D eigenvalue weighted by atomic mass is 16.4. The monoisotopic (exact) mass is 479 g/mol. The van der Waals surface area contributed by atoms with E-state index in [0.29, 0.717) is 18.5 Å². The third-order valence-electron chi connectivity index (χ3n) is 6.38. The number of hydrogen-bond acceptors (Lipinski definition) is 5. The van der Waals surface area contributed by atoms with Gasteiger partial charge in [-0.05, 0) is 43.4 Å². The molecule has 0 bridgehead atoms. The van der Waals surface area contributed by atoms with Crippen LogP contribution in [0.25, 0.3) is 0 Å². The number of hydrogen-bond donors (Lipinski definition) is 5. The van der Waals surface area contributed by atoms with Gasteiger partial charge in [0.05, 0.1) is 12.5 Å². The van der Waals surface area contributed by atoms with Crippen molar-refractivity contribution in [3.63, 3.8) is 0 Å². The standard InChI is InChI=1S/C26H33N5O4/c1-17(25(34)29-16-18-7-9-20(10-8-18)24(27)28)30-26(35)22-15-21(19-5-3-2-4-6-19)11-13-31(22)14-12-23(32)33/h2-10,17,21-22H,11-16H2,1H3,(H3,27,28)(H,29,34)(H,30,35)(H,32,33)/t17-,21-,22+/m0/s1. The Balaban J connectivity index is 1.60. The van der Waals surface area contributed by atoms with Gasteiger partial charge in [0, 0.05) is 18.7 Å². The first-order chi connectivity index (χ1) is 16.7. The molecule has 0 aromatic heterocycles. The number of carbonyl (C=O) groups is 3. The van der Waals surface area contributed by atoms with E-state index >= 15 is 0 Å². The molecular formula is C26H33N5O4. The second kappa shape index (κ2) is 12.1. The fourth-order valence-electron chi connectivity index (χ4n) is 4.34. The number of amidine groups is 1. The molecule has 3 rings (SSSR count). The average molecular weight is 480 g/mol. The largest absolute Gasteiger partial charge is 0.481 e. The van der Waals surface area contributed by atoms with Crippen LogP contribution >= 0.6 is 0 Å². The highest BCUT2D eigenvalue weighted by Crippen LogP contribution is 2.31. The first-order valence-electron chi connectivity index (χ1n) is 11.8. The first kappa shape index (κ1) is 25.9. The number of nitrogens with one attached hydrogen (secondary N) is 3. The number of rotatable bonds is 10. The second-order valence-electron chi connectivity index (χ2n) is 8.89. The van der Waals surface area contributed by atoms with Gasteiger partial charge in [0.15, 0.2) is 0 Å². The van der Waals surface area contributed by atoms with Gasteiger partial charge in [-0.1, -0.05) is 54.6 Å². The van der Waals surface area contributed by atoms with E-state index in [0.717, 1.165) is 17.5 Å². The van der Waals surface area contributed by atoms with Crippen molar-refractivity contribution in [3.8, 4) is 0 Å². The maximum absolute atomic E-state index is 13.2. The van der Waals surface area contributed by atoms with Gasteiger partial charge in [0.1, 0.15) is 11.9 Å². The number of carbonyl (C=O) groups excluding carboxylic acids is 2. The van der Waals surface area contributed by atoms with Crippen LogP contribution in [0.5, 0.6) is 0 Å². The van der Waals surface area contributed by atoms with Crippen LogP contribution in [0.1, 0.15) is 48.8 Å². The lowest BCUT2D eigenvalue weighted by atomic mass is 9.84. The highest BCUT2D eigenvalue weighted by molar-refractivity contribution is 5.95. The van der Waals surface area contributed by atoms with Crippen molar-refractivity contribution >= 4 is 23.6 Å². The number of nitrogens with two attached hydrogens (primary N) is 1. The molecule has 1 heterocycles. The van der Waals surface area contributed by atoms with Crippen molar-refractivity contribution in [2.75, 3.05) is 13.1 Å². The molecule has 3 atom stereocenters. The predicted molar refractivity (Wildman–Crippen MR) is 133 cm³/mol. The van der Waals surface area contributed by atoms with Crippen LogP contribution in [0.2, 0.25) is 0 Å². The van der Waals surface area contributed by atoms with Gasteiger partial charge in [-0.2, -0.15) is 0 Å². The number of carboxylic acids is 1. The SMILES string of the molecule is C[C@H](NC(=O)[C@H]1C[C@@H](c2ccccc2)CCN1CCC(=O)O)C(=O)NCc1ccc(C(=N)N)cc1. The lowest BCUT2D eigenvalue weighted by Crippen LogP contribution is -2.55. The zero-order valence-electron chi connectivity index (χ0n) is 19.9. The molecule has 9 heteroatoms. The van der Waals surface area contributed by atoms with Gasteiger partial charge in [-0.3, -0.25) is 24.7 Å². The Morgan fingerprint density at radius 2 is 1.83 bits per heavy atom. The maximum Gasteiger partial charge on any atom is 0.304 e. The Morgan fingerprint density at radius 1 is 1.14 bits per heavy atom. The lowest BCUT2D eigenvalue weighted by Gasteiger charge is -2.39. The van der Waals surface area contributed by atoms with Crippen LogP contribution in [0, 0.1) is 5.41 Å². The summed E-state index contributed by atoms with van der Waals surface area (Å²) in [5, 5.41) is 22.2. The van der Waals surface area contributed by atoms with Crippen LogP contribution in [0.15, 0.2) is 54.6 Å². The van der Waals surface area contributed by atoms with Gasteiger partial charge in [-0.15, -0.1) is 0 Å². The van der Waals surface area contributed by atoms with Gasteiger partial charge in [0.2, 0.25) is 11.8 Å². The first-order valence-corrected chi connectivity index (χ1v) is 11.8. The van der Waals surface area contributed by atoms with Crippen molar-refractivity contribution in [2.24, 2.45) is 5.73 Å². The fourth-order valence-corrected chi connectivity index (χ4v) is 4.34. The normalized spacial score (nSPS) is 18.9. The van der Waals surface area contributed by atoms with E-state index in [1.165, 1.54) is 0 Å². The molecule has 186 valence electrons. The molecule has 0 unspecified atom stereocenters. The summed E-state index contributed by atoms with van der Waals surface area (Å²) >= 11 is 0. The quantitative estimate of drug-likeness (QED) is 0.259. The number of nitrogen functional groups attached to an aromatic ring is 1. The van der Waals surface area contributed by atoms with Crippen LogP contribution in [-0.4, -0.2) is 58.8 Å². The van der Waals surface area contributed by atoms with Crippen molar-refractivity contribution in [1.82, 2.24) is 15.5 Å². The Bertz CT molecular complexity index is 1040. The number of aliphatic carboxylic acids is 1. The molecule has 2 amide bonds. The van der Waals surface area contributed by atoms with Crippen molar-refractivity contribution in [3.05, 3.63) is 71.3 Å². The van der Waals surface area contributed by atoms with E-state index in [1.54, 1.807) is 31.2 Å². The van der Waals surface area contributed by atoms with Gasteiger partial charge >= 0.3 is 5.97 Å². The molecule has 0 radical (unpaired) electrons. The summed E-state index contributed by atoms with van der Waals surface area (Å²) in [6, 6.07) is 15.7. The zero-order valence-corrected chi connectivity index (χ0v) is 19.9. The molecule has 1 saturated heterocycles. The highest BCUT2D eigenvalue weighted by Gasteiger charge is 2.35. The van der Waals surface area contributed by atoms with Crippen LogP contribution in [-0.2, 0) is 20.9 Å². The molecular weight excluding hydrogens is 446 g/mol. The molecule has 9 nitrogen and oxygen atoms in total. The average Bonchev–Trinajstić information content (AvgIpc) is 2.86. The van der Waals surface area contributed by atoms with E-state index in [9.17, 15) is 14.4 Å². The molecule has 6 N–H and O–H groups in total. The Kier molecular flexibility index (Phi) is 8.97. The molecule has 2 aromatic carbocycles. The zero-order chi connectivity index (χ0) is 25.4. The minimum Gasteiger partial charge on any atom is -0.481 e. The van der Waals surface area contributed by atoms with Crippen molar-refractivity contribution < 1.29 is 19.5 Å². The van der Waals surface area contributed by atoms with Crippen LogP contribution in [0.4, 0.5) is 0 Å². The molecule has 1 aliphatic heterocycles. The predicted octanol–water partition coefficient (Wildman–Crippen LogP) is 1.81. The lowest BCUT2D eigenvalue weighted by molar-refractivity contribution is -0.139. The number of nitrogens with zero attached hydrogens (tertiary/aromatic N) is 1. The molecule has 1 aliphatic rings. The molecule has 1 fully saturated rings. The summed E-state index contributed by atoms with van der Waals surface area (Å²) in [6.07, 6.45) is 1.36.